The fourth-order valence-electron chi connectivity index (χ4n) is 2.13. The number of hydrogen-bond donors (Lipinski definition) is 1. The lowest BCUT2D eigenvalue weighted by molar-refractivity contribution is 0.0754. The van der Waals surface area contributed by atoms with Crippen molar-refractivity contribution in [2.24, 2.45) is 0 Å². The quantitative estimate of drug-likeness (QED) is 0.709. The van der Waals surface area contributed by atoms with Crippen LogP contribution in [-0.4, -0.2) is 49.3 Å². The van der Waals surface area contributed by atoms with Gasteiger partial charge in [-0.2, -0.15) is 0 Å². The van der Waals surface area contributed by atoms with Crippen molar-refractivity contribution < 1.29 is 18.6 Å². The lowest BCUT2D eigenvalue weighted by Gasteiger charge is -2.20. The van der Waals surface area contributed by atoms with Gasteiger partial charge < -0.3 is 9.84 Å². The smallest absolute Gasteiger partial charge is 0.251 e. The third-order valence-electron chi connectivity index (χ3n) is 2.90. The van der Waals surface area contributed by atoms with Gasteiger partial charge in [-0.1, -0.05) is 6.07 Å². The van der Waals surface area contributed by atoms with E-state index < -0.39 is 6.43 Å². The van der Waals surface area contributed by atoms with Crippen LogP contribution in [0.2, 0.25) is 0 Å². The van der Waals surface area contributed by atoms with Gasteiger partial charge in [0.25, 0.3) is 6.43 Å². The molecule has 20 heavy (non-hydrogen) atoms. The Balaban J connectivity index is 2.32. The number of halogens is 2. The molecule has 0 radical (unpaired) electrons. The van der Waals surface area contributed by atoms with Crippen molar-refractivity contribution >= 4 is 0 Å². The van der Waals surface area contributed by atoms with Gasteiger partial charge in [-0.15, -0.1) is 0 Å². The fraction of sp³-hybridized carbons (Fsp3) is 0.600. The van der Waals surface area contributed by atoms with Crippen LogP contribution < -0.4 is 4.74 Å². The number of aliphatic hydroxyl groups is 1. The van der Waals surface area contributed by atoms with Crippen LogP contribution in [-0.2, 0) is 0 Å². The van der Waals surface area contributed by atoms with Crippen LogP contribution >= 0.6 is 0 Å². The van der Waals surface area contributed by atoms with Gasteiger partial charge in [0, 0.05) is 13.1 Å². The summed E-state index contributed by atoms with van der Waals surface area (Å²) in [6.07, 6.45) is -1.72. The van der Waals surface area contributed by atoms with E-state index in [2.05, 4.69) is 6.07 Å². The van der Waals surface area contributed by atoms with E-state index in [1.165, 1.54) is 0 Å². The van der Waals surface area contributed by atoms with Crippen LogP contribution in [0.5, 0.6) is 5.75 Å². The summed E-state index contributed by atoms with van der Waals surface area (Å²) in [4.78, 5) is 1.55. The third-order valence-corrected chi connectivity index (χ3v) is 2.90. The molecule has 0 atom stereocenters. The van der Waals surface area contributed by atoms with Crippen LogP contribution in [0, 0.1) is 13.8 Å². The molecule has 0 aliphatic rings. The van der Waals surface area contributed by atoms with Gasteiger partial charge in [0.2, 0.25) is 0 Å². The molecule has 0 aliphatic heterocycles. The summed E-state index contributed by atoms with van der Waals surface area (Å²) in [6, 6.07) is 5.98. The Hall–Kier alpha value is -1.20. The summed E-state index contributed by atoms with van der Waals surface area (Å²) in [5, 5.41) is 8.83. The summed E-state index contributed by atoms with van der Waals surface area (Å²) < 4.78 is 30.3. The summed E-state index contributed by atoms with van der Waals surface area (Å²) >= 11 is 0. The second-order valence-corrected chi connectivity index (χ2v) is 4.94. The Morgan fingerprint density at radius 2 is 1.80 bits per heavy atom. The zero-order valence-corrected chi connectivity index (χ0v) is 12.1. The minimum atomic E-state index is -2.37. The molecule has 0 amide bonds. The van der Waals surface area contributed by atoms with E-state index in [4.69, 9.17) is 9.84 Å². The molecule has 0 fully saturated rings. The maximum Gasteiger partial charge on any atom is 0.251 e. The van der Waals surface area contributed by atoms with Crippen LogP contribution in [0.1, 0.15) is 17.5 Å². The van der Waals surface area contributed by atoms with E-state index in [0.29, 0.717) is 19.6 Å². The Bertz CT molecular complexity index is 379. The highest BCUT2D eigenvalue weighted by Crippen LogP contribution is 2.16. The Kier molecular flexibility index (Phi) is 7.47. The molecule has 0 heterocycles. The van der Waals surface area contributed by atoms with Gasteiger partial charge in [0.05, 0.1) is 19.8 Å². The largest absolute Gasteiger partial charge is 0.494 e. The molecule has 114 valence electrons. The molecule has 0 aromatic heterocycles. The highest BCUT2D eigenvalue weighted by molar-refractivity contribution is 5.32. The normalized spacial score (nSPS) is 11.3. The Labute approximate surface area is 119 Å². The third kappa shape index (κ3) is 6.82. The number of benzene rings is 1. The number of aryl methyl sites for hydroxylation is 2. The summed E-state index contributed by atoms with van der Waals surface area (Å²) in [5.41, 5.74) is 2.28. The lowest BCUT2D eigenvalue weighted by Crippen LogP contribution is -2.33. The maximum atomic E-state index is 12.3. The molecule has 5 heteroatoms. The van der Waals surface area contributed by atoms with Crippen molar-refractivity contribution in [3.05, 3.63) is 29.3 Å². The number of ether oxygens (including phenoxy) is 1. The SMILES string of the molecule is Cc1cc(C)cc(OCCCN(CCO)CC(F)F)c1. The van der Waals surface area contributed by atoms with E-state index in [9.17, 15) is 8.78 Å². The second kappa shape index (κ2) is 8.87. The monoisotopic (exact) mass is 287 g/mol. The number of aliphatic hydroxyl groups excluding tert-OH is 1. The molecule has 0 aliphatic carbocycles. The molecule has 3 nitrogen and oxygen atoms in total. The predicted octanol–water partition coefficient (Wildman–Crippen LogP) is 2.63. The molecule has 1 aromatic rings. The van der Waals surface area contributed by atoms with Crippen molar-refractivity contribution in [1.82, 2.24) is 4.90 Å². The number of alkyl halides is 2. The van der Waals surface area contributed by atoms with Gasteiger partial charge in [-0.05, 0) is 43.5 Å². The standard InChI is InChI=1S/C15H23F2NO2/c1-12-8-13(2)10-14(9-12)20-7-3-4-18(5-6-19)11-15(16)17/h8-10,15,19H,3-7,11H2,1-2H3. The number of rotatable bonds is 9. The van der Waals surface area contributed by atoms with Crippen molar-refractivity contribution in [1.29, 1.82) is 0 Å². The van der Waals surface area contributed by atoms with E-state index in [1.54, 1.807) is 4.90 Å². The van der Waals surface area contributed by atoms with E-state index in [1.807, 2.05) is 26.0 Å². The van der Waals surface area contributed by atoms with Crippen molar-refractivity contribution in [3.8, 4) is 5.75 Å². The minimum absolute atomic E-state index is 0.106. The zero-order chi connectivity index (χ0) is 15.0. The Morgan fingerprint density at radius 3 is 2.35 bits per heavy atom. The zero-order valence-electron chi connectivity index (χ0n) is 12.1. The molecule has 0 saturated carbocycles. The molecule has 0 bridgehead atoms. The Morgan fingerprint density at radius 1 is 1.15 bits per heavy atom. The molecule has 1 aromatic carbocycles. The highest BCUT2D eigenvalue weighted by atomic mass is 19.3. The predicted molar refractivity (Wildman–Crippen MR) is 75.6 cm³/mol. The minimum Gasteiger partial charge on any atom is -0.494 e. The van der Waals surface area contributed by atoms with Crippen molar-refractivity contribution in [3.63, 3.8) is 0 Å². The fourth-order valence-corrected chi connectivity index (χ4v) is 2.13. The average Bonchev–Trinajstić information content (AvgIpc) is 2.33. The molecule has 1 rings (SSSR count). The highest BCUT2D eigenvalue weighted by Gasteiger charge is 2.11. The summed E-state index contributed by atoms with van der Waals surface area (Å²) in [6.45, 7) is 4.85. The molecular weight excluding hydrogens is 264 g/mol. The van der Waals surface area contributed by atoms with E-state index in [0.717, 1.165) is 16.9 Å². The first-order valence-electron chi connectivity index (χ1n) is 6.83. The molecule has 0 unspecified atom stereocenters. The van der Waals surface area contributed by atoms with E-state index >= 15 is 0 Å². The number of hydrogen-bond acceptors (Lipinski definition) is 3. The molecular formula is C15H23F2NO2. The average molecular weight is 287 g/mol. The van der Waals surface area contributed by atoms with Crippen molar-refractivity contribution in [2.75, 3.05) is 32.8 Å². The first-order valence-corrected chi connectivity index (χ1v) is 6.83. The lowest BCUT2D eigenvalue weighted by atomic mass is 10.1. The maximum absolute atomic E-state index is 12.3. The molecule has 1 N–H and O–H groups in total. The van der Waals surface area contributed by atoms with Crippen LogP contribution in [0.15, 0.2) is 18.2 Å². The van der Waals surface area contributed by atoms with Gasteiger partial charge >= 0.3 is 0 Å². The van der Waals surface area contributed by atoms with E-state index in [-0.39, 0.29) is 19.7 Å². The molecule has 0 saturated heterocycles. The van der Waals surface area contributed by atoms with Gasteiger partial charge in [-0.25, -0.2) is 8.78 Å². The first kappa shape index (κ1) is 16.9. The number of nitrogens with zero attached hydrogens (tertiary/aromatic N) is 1. The second-order valence-electron chi connectivity index (χ2n) is 4.94. The van der Waals surface area contributed by atoms with Crippen LogP contribution in [0.25, 0.3) is 0 Å². The summed E-state index contributed by atoms with van der Waals surface area (Å²) in [5.74, 6) is 0.810. The first-order chi connectivity index (χ1) is 9.51. The van der Waals surface area contributed by atoms with Gasteiger partial charge in [0.1, 0.15) is 5.75 Å². The molecule has 0 spiro atoms. The van der Waals surface area contributed by atoms with Crippen LogP contribution in [0.3, 0.4) is 0 Å². The van der Waals surface area contributed by atoms with Crippen molar-refractivity contribution in [2.45, 2.75) is 26.7 Å². The topological polar surface area (TPSA) is 32.7 Å². The summed E-state index contributed by atoms with van der Waals surface area (Å²) in [7, 11) is 0. The van der Waals surface area contributed by atoms with Gasteiger partial charge in [-0.3, -0.25) is 4.90 Å². The van der Waals surface area contributed by atoms with Crippen LogP contribution in [0.4, 0.5) is 8.78 Å². The van der Waals surface area contributed by atoms with Gasteiger partial charge in [0.15, 0.2) is 0 Å².